The Balaban J connectivity index is 1.70. The number of ether oxygens (including phenoxy) is 2. The van der Waals surface area contributed by atoms with E-state index in [0.29, 0.717) is 13.0 Å². The van der Waals surface area contributed by atoms with Gasteiger partial charge >= 0.3 is 0 Å². The fraction of sp³-hybridized carbons (Fsp3) is 0.316. The van der Waals surface area contributed by atoms with E-state index in [-0.39, 0.29) is 5.78 Å². The number of anilines is 1. The number of fused-ring (bicyclic) bond motifs is 1. The fourth-order valence-corrected chi connectivity index (χ4v) is 2.59. The van der Waals surface area contributed by atoms with Gasteiger partial charge in [-0.3, -0.25) is 4.79 Å². The molecule has 0 aromatic heterocycles. The molecule has 1 aliphatic rings. The van der Waals surface area contributed by atoms with Crippen molar-refractivity contribution < 1.29 is 14.3 Å². The average molecular weight is 311 g/mol. The summed E-state index contributed by atoms with van der Waals surface area (Å²) in [5, 5.41) is 3.38. The van der Waals surface area contributed by atoms with Crippen molar-refractivity contribution in [3.63, 3.8) is 0 Å². The maximum Gasteiger partial charge on any atom is 0.180 e. The third-order valence-corrected chi connectivity index (χ3v) is 4.10. The highest BCUT2D eigenvalue weighted by Gasteiger charge is 2.35. The summed E-state index contributed by atoms with van der Waals surface area (Å²) in [6.07, 6.45) is 0.417. The number of hydrogen-bond acceptors (Lipinski definition) is 4. The van der Waals surface area contributed by atoms with Crippen LogP contribution in [-0.4, -0.2) is 18.5 Å². The van der Waals surface area contributed by atoms with Crippen molar-refractivity contribution in [2.45, 2.75) is 32.4 Å². The highest BCUT2D eigenvalue weighted by atomic mass is 16.5. The van der Waals surface area contributed by atoms with Gasteiger partial charge in [0.2, 0.25) is 0 Å². The number of ketones is 1. The second-order valence-corrected chi connectivity index (χ2v) is 6.24. The first-order chi connectivity index (χ1) is 11.0. The van der Waals surface area contributed by atoms with Gasteiger partial charge < -0.3 is 14.8 Å². The zero-order valence-corrected chi connectivity index (χ0v) is 13.7. The number of methoxy groups -OCH3 is 1. The predicted octanol–water partition coefficient (Wildman–Crippen LogP) is 3.59. The Labute approximate surface area is 136 Å². The van der Waals surface area contributed by atoms with E-state index in [4.69, 9.17) is 9.47 Å². The minimum absolute atomic E-state index is 0.109. The van der Waals surface area contributed by atoms with Crippen molar-refractivity contribution in [1.29, 1.82) is 0 Å². The lowest BCUT2D eigenvalue weighted by molar-refractivity contribution is -0.132. The van der Waals surface area contributed by atoms with Gasteiger partial charge in [-0.2, -0.15) is 0 Å². The molecule has 4 heteroatoms. The smallest absolute Gasteiger partial charge is 0.180 e. The third-order valence-electron chi connectivity index (χ3n) is 4.10. The van der Waals surface area contributed by atoms with E-state index in [9.17, 15) is 4.79 Å². The SMILES string of the molecule is COc1ccc(CNc2ccc3c(c2)CC(=O)C(C)(C)O3)cc1. The first-order valence-electron chi connectivity index (χ1n) is 7.70. The lowest BCUT2D eigenvalue weighted by Crippen LogP contribution is -2.42. The molecule has 2 aromatic rings. The fourth-order valence-electron chi connectivity index (χ4n) is 2.59. The summed E-state index contributed by atoms with van der Waals surface area (Å²) in [7, 11) is 1.66. The molecule has 0 radical (unpaired) electrons. The zero-order valence-electron chi connectivity index (χ0n) is 13.7. The normalized spacial score (nSPS) is 15.5. The number of nitrogens with one attached hydrogen (secondary N) is 1. The Morgan fingerprint density at radius 1 is 1.17 bits per heavy atom. The van der Waals surface area contributed by atoms with E-state index < -0.39 is 5.60 Å². The molecule has 0 atom stereocenters. The number of benzene rings is 2. The maximum absolute atomic E-state index is 12.1. The number of hydrogen-bond donors (Lipinski definition) is 1. The lowest BCUT2D eigenvalue weighted by Gasteiger charge is -2.31. The van der Waals surface area contributed by atoms with Crippen LogP contribution in [0.15, 0.2) is 42.5 Å². The quantitative estimate of drug-likeness (QED) is 0.937. The van der Waals surface area contributed by atoms with Crippen LogP contribution in [0, 0.1) is 0 Å². The Morgan fingerprint density at radius 2 is 1.91 bits per heavy atom. The van der Waals surface area contributed by atoms with Crippen molar-refractivity contribution in [2.75, 3.05) is 12.4 Å². The molecular weight excluding hydrogens is 290 g/mol. The number of rotatable bonds is 4. The van der Waals surface area contributed by atoms with Crippen LogP contribution in [0.25, 0.3) is 0 Å². The van der Waals surface area contributed by atoms with Crippen molar-refractivity contribution in [2.24, 2.45) is 0 Å². The van der Waals surface area contributed by atoms with Crippen LogP contribution in [0.4, 0.5) is 5.69 Å². The molecule has 0 aliphatic carbocycles. The number of Topliss-reactive ketones (excluding diaryl/α,β-unsaturated/α-hetero) is 1. The van der Waals surface area contributed by atoms with Crippen LogP contribution in [0.5, 0.6) is 11.5 Å². The van der Waals surface area contributed by atoms with Crippen LogP contribution in [0.1, 0.15) is 25.0 Å². The molecule has 1 heterocycles. The van der Waals surface area contributed by atoms with Crippen LogP contribution in [0.3, 0.4) is 0 Å². The van der Waals surface area contributed by atoms with Gasteiger partial charge in [0, 0.05) is 24.2 Å². The van der Waals surface area contributed by atoms with Crippen molar-refractivity contribution in [1.82, 2.24) is 0 Å². The first kappa shape index (κ1) is 15.4. The van der Waals surface area contributed by atoms with Gasteiger partial charge in [0.15, 0.2) is 11.4 Å². The molecule has 0 amide bonds. The Bertz CT molecular complexity index is 720. The molecule has 4 nitrogen and oxygen atoms in total. The Morgan fingerprint density at radius 3 is 2.61 bits per heavy atom. The molecule has 0 saturated heterocycles. The van der Waals surface area contributed by atoms with Crippen LogP contribution in [-0.2, 0) is 17.8 Å². The van der Waals surface area contributed by atoms with Gasteiger partial charge in [0.05, 0.1) is 7.11 Å². The molecular formula is C19H21NO3. The average Bonchev–Trinajstić information content (AvgIpc) is 2.54. The van der Waals surface area contributed by atoms with Gasteiger partial charge in [0.1, 0.15) is 11.5 Å². The van der Waals surface area contributed by atoms with E-state index in [1.54, 1.807) is 7.11 Å². The molecule has 23 heavy (non-hydrogen) atoms. The van der Waals surface area contributed by atoms with E-state index in [1.165, 1.54) is 0 Å². The van der Waals surface area contributed by atoms with Crippen LogP contribution >= 0.6 is 0 Å². The Kier molecular flexibility index (Phi) is 3.99. The molecule has 1 N–H and O–H groups in total. The van der Waals surface area contributed by atoms with Crippen LogP contribution in [0.2, 0.25) is 0 Å². The lowest BCUT2D eigenvalue weighted by atomic mass is 9.92. The summed E-state index contributed by atoms with van der Waals surface area (Å²) in [6, 6.07) is 13.8. The number of carbonyl (C=O) groups excluding carboxylic acids is 1. The molecule has 0 unspecified atom stereocenters. The molecule has 0 fully saturated rings. The molecule has 2 aromatic carbocycles. The standard InChI is InChI=1S/C19H21NO3/c1-19(2)18(21)11-14-10-15(6-9-17(14)23-19)20-12-13-4-7-16(22-3)8-5-13/h4-10,20H,11-12H2,1-3H3. The summed E-state index contributed by atoms with van der Waals surface area (Å²) in [4.78, 5) is 12.1. The molecule has 0 spiro atoms. The second kappa shape index (κ2) is 5.95. The van der Waals surface area contributed by atoms with E-state index in [1.807, 2.05) is 56.3 Å². The van der Waals surface area contributed by atoms with Crippen molar-refractivity contribution >= 4 is 11.5 Å². The highest BCUT2D eigenvalue weighted by molar-refractivity contribution is 5.91. The molecule has 0 bridgehead atoms. The highest BCUT2D eigenvalue weighted by Crippen LogP contribution is 2.32. The van der Waals surface area contributed by atoms with Crippen molar-refractivity contribution in [3.05, 3.63) is 53.6 Å². The Hall–Kier alpha value is -2.49. The molecule has 120 valence electrons. The third kappa shape index (κ3) is 3.31. The second-order valence-electron chi connectivity index (χ2n) is 6.24. The van der Waals surface area contributed by atoms with Crippen molar-refractivity contribution in [3.8, 4) is 11.5 Å². The van der Waals surface area contributed by atoms with Gasteiger partial charge in [-0.25, -0.2) is 0 Å². The summed E-state index contributed by atoms with van der Waals surface area (Å²) >= 11 is 0. The molecule has 3 rings (SSSR count). The molecule has 1 aliphatic heterocycles. The predicted molar refractivity (Wildman–Crippen MR) is 90.2 cm³/mol. The summed E-state index contributed by atoms with van der Waals surface area (Å²) in [5.74, 6) is 1.75. The topological polar surface area (TPSA) is 47.6 Å². The van der Waals surface area contributed by atoms with E-state index in [0.717, 1.165) is 28.3 Å². The van der Waals surface area contributed by atoms with Gasteiger partial charge in [-0.1, -0.05) is 12.1 Å². The minimum atomic E-state index is -0.731. The monoisotopic (exact) mass is 311 g/mol. The summed E-state index contributed by atoms with van der Waals surface area (Å²) < 4.78 is 10.9. The summed E-state index contributed by atoms with van der Waals surface area (Å²) in [5.41, 5.74) is 2.35. The van der Waals surface area contributed by atoms with E-state index >= 15 is 0 Å². The maximum atomic E-state index is 12.1. The largest absolute Gasteiger partial charge is 0.497 e. The van der Waals surface area contributed by atoms with E-state index in [2.05, 4.69) is 5.32 Å². The molecule has 0 saturated carbocycles. The van der Waals surface area contributed by atoms with Gasteiger partial charge in [0.25, 0.3) is 0 Å². The van der Waals surface area contributed by atoms with Gasteiger partial charge in [-0.05, 0) is 49.7 Å². The first-order valence-corrected chi connectivity index (χ1v) is 7.70. The summed E-state index contributed by atoms with van der Waals surface area (Å²) in [6.45, 7) is 4.34. The minimum Gasteiger partial charge on any atom is -0.497 e. The number of carbonyl (C=O) groups is 1. The van der Waals surface area contributed by atoms with Crippen LogP contribution < -0.4 is 14.8 Å². The zero-order chi connectivity index (χ0) is 16.4. The van der Waals surface area contributed by atoms with Gasteiger partial charge in [-0.15, -0.1) is 0 Å².